The van der Waals surface area contributed by atoms with Crippen LogP contribution in [0.25, 0.3) is 10.9 Å². The first-order valence-electron chi connectivity index (χ1n) is 9.87. The molecule has 0 saturated carbocycles. The van der Waals surface area contributed by atoms with Crippen molar-refractivity contribution in [2.45, 2.75) is 6.61 Å². The number of non-ortho nitro benzene ring substituents is 1. The number of para-hydroxylation sites is 1. The van der Waals surface area contributed by atoms with Crippen LogP contribution in [-0.4, -0.2) is 25.7 Å². The van der Waals surface area contributed by atoms with Gasteiger partial charge in [0.25, 0.3) is 11.2 Å². The van der Waals surface area contributed by atoms with Gasteiger partial charge < -0.3 is 9.72 Å². The maximum atomic E-state index is 12.6. The molecule has 1 heterocycles. The third kappa shape index (κ3) is 4.91. The van der Waals surface area contributed by atoms with Crippen molar-refractivity contribution in [1.82, 2.24) is 9.66 Å². The van der Waals surface area contributed by atoms with E-state index in [-0.39, 0.29) is 34.0 Å². The standard InChI is InChI=1S/C22H14ClN5O7/c23-17-9-14(11-24-26-21(29)16-3-1-2-4-18(16)25-22(26)30)10-19(28(33)34)20(17)35-12-13-5-7-15(8-6-13)27(31)32/h1-11H,12H2,(H,25,30). The number of nitrogens with zero attached hydrogens (tertiary/aromatic N) is 4. The molecule has 0 fully saturated rings. The second-order valence-electron chi connectivity index (χ2n) is 7.16. The summed E-state index contributed by atoms with van der Waals surface area (Å²) >= 11 is 6.22. The Kier molecular flexibility index (Phi) is 6.38. The first-order valence-corrected chi connectivity index (χ1v) is 10.2. The number of fused-ring (bicyclic) bond motifs is 1. The molecule has 0 unspecified atom stereocenters. The Morgan fingerprint density at radius 1 is 1.03 bits per heavy atom. The molecule has 176 valence electrons. The molecule has 0 atom stereocenters. The van der Waals surface area contributed by atoms with Gasteiger partial charge in [0.05, 0.1) is 32.0 Å². The van der Waals surface area contributed by atoms with E-state index in [2.05, 4.69) is 10.1 Å². The molecule has 0 aliphatic rings. The summed E-state index contributed by atoms with van der Waals surface area (Å²) in [5, 5.41) is 26.4. The third-order valence-electron chi connectivity index (χ3n) is 4.88. The van der Waals surface area contributed by atoms with E-state index in [0.29, 0.717) is 15.8 Å². The number of nitro benzene ring substituents is 2. The number of hydrogen-bond acceptors (Lipinski definition) is 8. The molecule has 0 radical (unpaired) electrons. The number of benzene rings is 3. The fourth-order valence-corrected chi connectivity index (χ4v) is 3.48. The first kappa shape index (κ1) is 23.3. The Bertz CT molecular complexity index is 1610. The number of ether oxygens (including phenoxy) is 1. The van der Waals surface area contributed by atoms with Crippen LogP contribution in [0.3, 0.4) is 0 Å². The minimum absolute atomic E-state index is 0.106. The van der Waals surface area contributed by atoms with Crippen LogP contribution in [-0.2, 0) is 6.61 Å². The van der Waals surface area contributed by atoms with Crippen molar-refractivity contribution >= 4 is 40.1 Å². The monoisotopic (exact) mass is 495 g/mol. The molecule has 35 heavy (non-hydrogen) atoms. The van der Waals surface area contributed by atoms with E-state index in [1.54, 1.807) is 18.2 Å². The molecule has 4 aromatic rings. The Balaban J connectivity index is 1.63. The van der Waals surface area contributed by atoms with Crippen molar-refractivity contribution < 1.29 is 14.6 Å². The lowest BCUT2D eigenvalue weighted by atomic mass is 10.2. The van der Waals surface area contributed by atoms with Gasteiger partial charge in [0.1, 0.15) is 6.61 Å². The zero-order valence-electron chi connectivity index (χ0n) is 17.6. The van der Waals surface area contributed by atoms with Crippen molar-refractivity contribution in [3.05, 3.63) is 118 Å². The minimum Gasteiger partial charge on any atom is -0.481 e. The Labute approximate surface area is 200 Å². The van der Waals surface area contributed by atoms with Crippen LogP contribution in [0, 0.1) is 20.2 Å². The zero-order valence-corrected chi connectivity index (χ0v) is 18.3. The van der Waals surface area contributed by atoms with Crippen LogP contribution in [0.5, 0.6) is 5.75 Å². The summed E-state index contributed by atoms with van der Waals surface area (Å²) in [5.74, 6) is -0.215. The highest BCUT2D eigenvalue weighted by molar-refractivity contribution is 6.32. The van der Waals surface area contributed by atoms with Gasteiger partial charge in [-0.1, -0.05) is 23.7 Å². The van der Waals surface area contributed by atoms with Gasteiger partial charge in [-0.2, -0.15) is 5.10 Å². The first-order chi connectivity index (χ1) is 16.7. The lowest BCUT2D eigenvalue weighted by Crippen LogP contribution is -2.32. The number of halogens is 1. The SMILES string of the molecule is O=c1[nH]c2ccccc2c(=O)n1N=Cc1cc(Cl)c(OCc2ccc([N+](=O)[O-])cc2)c([N+](=O)[O-])c1. The summed E-state index contributed by atoms with van der Waals surface area (Å²) in [4.78, 5) is 48.5. The molecular formula is C22H14ClN5O7. The van der Waals surface area contributed by atoms with Gasteiger partial charge in [-0.3, -0.25) is 25.0 Å². The summed E-state index contributed by atoms with van der Waals surface area (Å²) in [6.07, 6.45) is 1.09. The second kappa shape index (κ2) is 9.57. The van der Waals surface area contributed by atoms with Gasteiger partial charge >= 0.3 is 11.4 Å². The van der Waals surface area contributed by atoms with Gasteiger partial charge in [0.2, 0.25) is 5.75 Å². The summed E-state index contributed by atoms with van der Waals surface area (Å²) in [7, 11) is 0. The molecular weight excluding hydrogens is 482 g/mol. The summed E-state index contributed by atoms with van der Waals surface area (Å²) < 4.78 is 6.12. The van der Waals surface area contributed by atoms with Crippen LogP contribution in [0.1, 0.15) is 11.1 Å². The molecule has 12 nitrogen and oxygen atoms in total. The molecule has 4 rings (SSSR count). The zero-order chi connectivity index (χ0) is 25.1. The van der Waals surface area contributed by atoms with Crippen molar-refractivity contribution in [2.24, 2.45) is 5.10 Å². The average molecular weight is 496 g/mol. The van der Waals surface area contributed by atoms with Crippen LogP contribution in [0.2, 0.25) is 5.02 Å². The van der Waals surface area contributed by atoms with Crippen molar-refractivity contribution in [1.29, 1.82) is 0 Å². The number of nitro groups is 2. The van der Waals surface area contributed by atoms with Crippen LogP contribution in [0.4, 0.5) is 11.4 Å². The van der Waals surface area contributed by atoms with E-state index >= 15 is 0 Å². The van der Waals surface area contributed by atoms with E-state index in [1.807, 2.05) is 0 Å². The number of rotatable bonds is 7. The van der Waals surface area contributed by atoms with Crippen LogP contribution >= 0.6 is 11.6 Å². The van der Waals surface area contributed by atoms with E-state index < -0.39 is 26.8 Å². The molecule has 0 aliphatic heterocycles. The van der Waals surface area contributed by atoms with Crippen molar-refractivity contribution in [3.8, 4) is 5.75 Å². The summed E-state index contributed by atoms with van der Waals surface area (Å²) in [5.41, 5.74) is -1.00. The van der Waals surface area contributed by atoms with E-state index in [4.69, 9.17) is 16.3 Å². The molecule has 0 aliphatic carbocycles. The van der Waals surface area contributed by atoms with E-state index in [9.17, 15) is 29.8 Å². The second-order valence-corrected chi connectivity index (χ2v) is 7.56. The van der Waals surface area contributed by atoms with Gasteiger partial charge in [-0.25, -0.2) is 4.79 Å². The molecule has 0 spiro atoms. The molecule has 0 bridgehead atoms. The van der Waals surface area contributed by atoms with Crippen molar-refractivity contribution in [3.63, 3.8) is 0 Å². The quantitative estimate of drug-likeness (QED) is 0.232. The normalized spacial score (nSPS) is 11.1. The molecule has 3 aromatic carbocycles. The minimum atomic E-state index is -0.784. The van der Waals surface area contributed by atoms with Crippen LogP contribution < -0.4 is 16.0 Å². The fraction of sp³-hybridized carbons (Fsp3) is 0.0455. The third-order valence-corrected chi connectivity index (χ3v) is 5.16. The Hall–Kier alpha value is -4.84. The molecule has 0 saturated heterocycles. The van der Waals surface area contributed by atoms with Crippen LogP contribution in [0.15, 0.2) is 75.4 Å². The molecule has 13 heteroatoms. The van der Waals surface area contributed by atoms with Gasteiger partial charge in [-0.05, 0) is 35.9 Å². The highest BCUT2D eigenvalue weighted by Gasteiger charge is 2.21. The highest BCUT2D eigenvalue weighted by Crippen LogP contribution is 2.36. The molecule has 0 amide bonds. The maximum absolute atomic E-state index is 12.6. The number of nitrogens with one attached hydrogen (secondary N) is 1. The number of H-pyrrole nitrogens is 1. The van der Waals surface area contributed by atoms with Gasteiger partial charge in [0.15, 0.2) is 0 Å². The largest absolute Gasteiger partial charge is 0.481 e. The van der Waals surface area contributed by atoms with E-state index in [0.717, 1.165) is 12.3 Å². The lowest BCUT2D eigenvalue weighted by Gasteiger charge is -2.09. The predicted molar refractivity (Wildman–Crippen MR) is 127 cm³/mol. The smallest absolute Gasteiger partial charge is 0.349 e. The van der Waals surface area contributed by atoms with Gasteiger partial charge in [-0.15, -0.1) is 4.68 Å². The topological polar surface area (TPSA) is 163 Å². The average Bonchev–Trinajstić information content (AvgIpc) is 2.83. The predicted octanol–water partition coefficient (Wildman–Crippen LogP) is 3.62. The maximum Gasteiger partial charge on any atom is 0.349 e. The molecule has 1 aromatic heterocycles. The number of aromatic nitrogens is 2. The number of aromatic amines is 1. The lowest BCUT2D eigenvalue weighted by molar-refractivity contribution is -0.386. The Morgan fingerprint density at radius 3 is 2.43 bits per heavy atom. The molecule has 1 N–H and O–H groups in total. The highest BCUT2D eigenvalue weighted by atomic mass is 35.5. The number of hydrogen-bond donors (Lipinski definition) is 1. The summed E-state index contributed by atoms with van der Waals surface area (Å²) in [6, 6.07) is 14.3. The van der Waals surface area contributed by atoms with Crippen molar-refractivity contribution in [2.75, 3.05) is 0 Å². The van der Waals surface area contributed by atoms with Gasteiger partial charge in [0, 0.05) is 23.8 Å². The fourth-order valence-electron chi connectivity index (χ4n) is 3.20. The Morgan fingerprint density at radius 2 is 1.74 bits per heavy atom. The summed E-state index contributed by atoms with van der Waals surface area (Å²) in [6.45, 7) is -0.131. The van der Waals surface area contributed by atoms with E-state index in [1.165, 1.54) is 36.4 Å².